The summed E-state index contributed by atoms with van der Waals surface area (Å²) >= 11 is 1.76. The Morgan fingerprint density at radius 1 is 1.53 bits per heavy atom. The van der Waals surface area contributed by atoms with Gasteiger partial charge >= 0.3 is 0 Å². The number of hydrogen-bond acceptors (Lipinski definition) is 4. The van der Waals surface area contributed by atoms with Crippen LogP contribution in [0.2, 0.25) is 0 Å². The molecule has 0 bridgehead atoms. The highest BCUT2D eigenvalue weighted by Crippen LogP contribution is 2.28. The molecule has 0 aliphatic heterocycles. The second kappa shape index (κ2) is 5.43. The van der Waals surface area contributed by atoms with E-state index in [1.165, 1.54) is 29.1 Å². The summed E-state index contributed by atoms with van der Waals surface area (Å²) in [4.78, 5) is 4.50. The Hall–Kier alpha value is -1.20. The summed E-state index contributed by atoms with van der Waals surface area (Å²) in [5, 5.41) is 11.4. The van der Waals surface area contributed by atoms with Crippen LogP contribution in [0.1, 0.15) is 40.8 Å². The molecule has 0 saturated carbocycles. The van der Waals surface area contributed by atoms with Gasteiger partial charge in [0.25, 0.3) is 0 Å². The van der Waals surface area contributed by atoms with Crippen LogP contribution >= 0.6 is 11.3 Å². The summed E-state index contributed by atoms with van der Waals surface area (Å²) in [7, 11) is 2.04. The Morgan fingerprint density at radius 2 is 2.42 bits per heavy atom. The van der Waals surface area contributed by atoms with E-state index in [-0.39, 0.29) is 0 Å². The average molecular weight is 276 g/mol. The smallest absolute Gasteiger partial charge is 0.0940 e. The van der Waals surface area contributed by atoms with Gasteiger partial charge in [-0.05, 0) is 26.2 Å². The molecule has 1 unspecified atom stereocenters. The summed E-state index contributed by atoms with van der Waals surface area (Å²) < 4.78 is 2.02. The van der Waals surface area contributed by atoms with Crippen molar-refractivity contribution in [3.8, 4) is 0 Å². The first-order valence-corrected chi connectivity index (χ1v) is 7.77. The molecule has 1 atom stereocenters. The summed E-state index contributed by atoms with van der Waals surface area (Å²) in [6, 6.07) is 0.471. The van der Waals surface area contributed by atoms with E-state index in [0.717, 1.165) is 25.1 Å². The van der Waals surface area contributed by atoms with E-state index in [2.05, 4.69) is 27.7 Å². The van der Waals surface area contributed by atoms with E-state index >= 15 is 0 Å². The minimum Gasteiger partial charge on any atom is -0.309 e. The maximum absolute atomic E-state index is 4.50. The highest BCUT2D eigenvalue weighted by atomic mass is 32.1. The number of nitrogens with zero attached hydrogens (tertiary/aromatic N) is 3. The van der Waals surface area contributed by atoms with Gasteiger partial charge in [-0.2, -0.15) is 5.10 Å². The van der Waals surface area contributed by atoms with Crippen molar-refractivity contribution in [1.82, 2.24) is 20.1 Å². The first-order chi connectivity index (χ1) is 9.24. The summed E-state index contributed by atoms with van der Waals surface area (Å²) in [6.07, 6.45) is 6.68. The van der Waals surface area contributed by atoms with Crippen LogP contribution in [0.25, 0.3) is 0 Å². The highest BCUT2D eigenvalue weighted by Gasteiger charge is 2.22. The lowest BCUT2D eigenvalue weighted by atomic mass is 9.93. The van der Waals surface area contributed by atoms with Crippen molar-refractivity contribution < 1.29 is 0 Å². The number of fused-ring (bicyclic) bond motifs is 1. The largest absolute Gasteiger partial charge is 0.309 e. The number of nitrogens with one attached hydrogen (secondary N) is 1. The van der Waals surface area contributed by atoms with E-state index < -0.39 is 0 Å². The predicted octanol–water partition coefficient (Wildman–Crippen LogP) is 2.39. The number of aryl methyl sites for hydroxylation is 2. The zero-order chi connectivity index (χ0) is 13.2. The molecule has 5 heteroatoms. The molecule has 0 radical (unpaired) electrons. The van der Waals surface area contributed by atoms with Crippen molar-refractivity contribution >= 4 is 11.3 Å². The Bertz CT molecular complexity index is 558. The molecule has 0 spiro atoms. The summed E-state index contributed by atoms with van der Waals surface area (Å²) in [5.41, 5.74) is 3.92. The van der Waals surface area contributed by atoms with Gasteiger partial charge in [0.1, 0.15) is 0 Å². The molecule has 0 amide bonds. The lowest BCUT2D eigenvalue weighted by Gasteiger charge is -2.23. The van der Waals surface area contributed by atoms with Crippen LogP contribution in [0.5, 0.6) is 0 Å². The quantitative estimate of drug-likeness (QED) is 0.932. The molecule has 2 heterocycles. The molecule has 2 aromatic rings. The second-order valence-corrected chi connectivity index (χ2v) is 6.14. The molecule has 0 aromatic carbocycles. The van der Waals surface area contributed by atoms with Crippen LogP contribution in [-0.2, 0) is 19.9 Å². The molecular formula is C14H20N4S. The highest BCUT2D eigenvalue weighted by molar-refractivity contribution is 7.09. The summed E-state index contributed by atoms with van der Waals surface area (Å²) in [5.74, 6) is 0. The summed E-state index contributed by atoms with van der Waals surface area (Å²) in [6.45, 7) is 3.04. The van der Waals surface area contributed by atoms with E-state index in [1.54, 1.807) is 11.3 Å². The van der Waals surface area contributed by atoms with Crippen LogP contribution in [-0.4, -0.2) is 21.3 Å². The zero-order valence-electron chi connectivity index (χ0n) is 11.5. The molecular weight excluding hydrogens is 256 g/mol. The first-order valence-electron chi connectivity index (χ1n) is 6.89. The monoisotopic (exact) mass is 276 g/mol. The predicted molar refractivity (Wildman–Crippen MR) is 77.4 cm³/mol. The van der Waals surface area contributed by atoms with Gasteiger partial charge in [-0.3, -0.25) is 4.68 Å². The second-order valence-electron chi connectivity index (χ2n) is 5.20. The van der Waals surface area contributed by atoms with Crippen molar-refractivity contribution in [2.45, 2.75) is 38.6 Å². The number of aromatic nitrogens is 3. The molecule has 1 aliphatic carbocycles. The minimum atomic E-state index is 0.471. The molecule has 3 rings (SSSR count). The molecule has 1 aliphatic rings. The first kappa shape index (κ1) is 12.8. The zero-order valence-corrected chi connectivity index (χ0v) is 12.3. The van der Waals surface area contributed by atoms with Crippen molar-refractivity contribution in [3.63, 3.8) is 0 Å². The molecule has 0 saturated heterocycles. The van der Waals surface area contributed by atoms with Crippen LogP contribution < -0.4 is 5.32 Å². The van der Waals surface area contributed by atoms with Gasteiger partial charge in [-0.1, -0.05) is 0 Å². The lowest BCUT2D eigenvalue weighted by Crippen LogP contribution is -2.27. The van der Waals surface area contributed by atoms with Crippen LogP contribution in [0, 0.1) is 6.92 Å². The van der Waals surface area contributed by atoms with Crippen molar-refractivity contribution in [3.05, 3.63) is 33.5 Å². The van der Waals surface area contributed by atoms with Crippen LogP contribution in [0.4, 0.5) is 0 Å². The van der Waals surface area contributed by atoms with Gasteiger partial charge in [0.2, 0.25) is 0 Å². The maximum Gasteiger partial charge on any atom is 0.0940 e. The third-order valence-electron chi connectivity index (χ3n) is 3.77. The normalized spacial score (nSPS) is 18.5. The SMILES string of the molecule is Cc1csc(CCNC2CCCc3c2cnn3C)n1. The Morgan fingerprint density at radius 3 is 3.21 bits per heavy atom. The average Bonchev–Trinajstić information content (AvgIpc) is 2.98. The topological polar surface area (TPSA) is 42.7 Å². The molecule has 2 aromatic heterocycles. The van der Waals surface area contributed by atoms with E-state index in [1.807, 2.05) is 17.9 Å². The van der Waals surface area contributed by atoms with Gasteiger partial charge < -0.3 is 5.32 Å². The number of thiazole rings is 1. The number of hydrogen-bond donors (Lipinski definition) is 1. The molecule has 4 nitrogen and oxygen atoms in total. The third-order valence-corrected chi connectivity index (χ3v) is 4.80. The molecule has 19 heavy (non-hydrogen) atoms. The maximum atomic E-state index is 4.50. The fourth-order valence-corrected chi connectivity index (χ4v) is 3.56. The third kappa shape index (κ3) is 2.72. The van der Waals surface area contributed by atoms with Gasteiger partial charge in [-0.25, -0.2) is 4.98 Å². The van der Waals surface area contributed by atoms with Crippen molar-refractivity contribution in [2.24, 2.45) is 7.05 Å². The molecule has 102 valence electrons. The fraction of sp³-hybridized carbons (Fsp3) is 0.571. The van der Waals surface area contributed by atoms with Crippen LogP contribution in [0.3, 0.4) is 0 Å². The van der Waals surface area contributed by atoms with Gasteiger partial charge in [0.05, 0.1) is 11.2 Å². The van der Waals surface area contributed by atoms with Gasteiger partial charge in [0, 0.05) is 48.4 Å². The fourth-order valence-electron chi connectivity index (χ4n) is 2.79. The van der Waals surface area contributed by atoms with Gasteiger partial charge in [-0.15, -0.1) is 11.3 Å². The standard InChI is InChI=1S/C14H20N4S/c1-10-9-19-14(17-10)6-7-15-12-4-3-5-13-11(12)8-16-18(13)2/h8-9,12,15H,3-7H2,1-2H3. The Labute approximate surface area is 117 Å². The van der Waals surface area contributed by atoms with Gasteiger partial charge in [0.15, 0.2) is 0 Å². The molecule has 1 N–H and O–H groups in total. The van der Waals surface area contributed by atoms with E-state index in [4.69, 9.17) is 0 Å². The van der Waals surface area contributed by atoms with E-state index in [0.29, 0.717) is 6.04 Å². The molecule has 0 fully saturated rings. The minimum absolute atomic E-state index is 0.471. The Kier molecular flexibility index (Phi) is 3.66. The Balaban J connectivity index is 1.59. The van der Waals surface area contributed by atoms with Crippen molar-refractivity contribution in [2.75, 3.05) is 6.54 Å². The van der Waals surface area contributed by atoms with E-state index in [9.17, 15) is 0 Å². The van der Waals surface area contributed by atoms with Crippen LogP contribution in [0.15, 0.2) is 11.6 Å². The number of rotatable bonds is 4. The van der Waals surface area contributed by atoms with Crippen molar-refractivity contribution in [1.29, 1.82) is 0 Å². The lowest BCUT2D eigenvalue weighted by molar-refractivity contribution is 0.455.